The van der Waals surface area contributed by atoms with Crippen LogP contribution in [0.2, 0.25) is 0 Å². The molecule has 1 aromatic carbocycles. The Morgan fingerprint density at radius 2 is 1.82 bits per heavy atom. The van der Waals surface area contributed by atoms with Gasteiger partial charge in [-0.15, -0.1) is 0 Å². The van der Waals surface area contributed by atoms with E-state index in [0.717, 1.165) is 50.1 Å². The van der Waals surface area contributed by atoms with Crippen molar-refractivity contribution in [3.63, 3.8) is 0 Å². The van der Waals surface area contributed by atoms with Gasteiger partial charge in [-0.3, -0.25) is 0 Å². The lowest BCUT2D eigenvalue weighted by atomic mass is 10.2. The molecule has 0 aliphatic carbocycles. The number of benzene rings is 1. The Hall–Kier alpha value is -1.53. The van der Waals surface area contributed by atoms with Crippen LogP contribution in [-0.4, -0.2) is 70.5 Å². The number of thiocarbonyl (C=S) groups is 1. The molecule has 1 aliphatic heterocycles. The molecular weight excluding hydrogens is 296 g/mol. The number of anilines is 1. The van der Waals surface area contributed by atoms with Crippen LogP contribution in [0.1, 0.15) is 0 Å². The van der Waals surface area contributed by atoms with Gasteiger partial charge in [0.2, 0.25) is 0 Å². The molecule has 6 heteroatoms. The van der Waals surface area contributed by atoms with E-state index in [1.54, 1.807) is 7.11 Å². The van der Waals surface area contributed by atoms with Crippen molar-refractivity contribution in [2.75, 3.05) is 65.4 Å². The monoisotopic (exact) mass is 323 g/mol. The van der Waals surface area contributed by atoms with Gasteiger partial charge >= 0.3 is 0 Å². The third-order valence-electron chi connectivity index (χ3n) is 3.91. The smallest absolute Gasteiger partial charge is 0.169 e. The molecule has 1 aromatic rings. The lowest BCUT2D eigenvalue weighted by Gasteiger charge is -2.37. The molecule has 0 unspecified atom stereocenters. The molecule has 0 spiro atoms. The van der Waals surface area contributed by atoms with E-state index in [4.69, 9.17) is 17.0 Å². The Balaban J connectivity index is 1.78. The minimum atomic E-state index is 0.885. The van der Waals surface area contributed by atoms with E-state index >= 15 is 0 Å². The number of hydrogen-bond acceptors (Lipinski definition) is 3. The molecule has 1 aliphatic rings. The Labute approximate surface area is 138 Å². The summed E-state index contributed by atoms with van der Waals surface area (Å²) in [7, 11) is 6.00. The van der Waals surface area contributed by atoms with Crippen molar-refractivity contribution in [1.82, 2.24) is 10.2 Å². The number of piperazine rings is 1. The number of ether oxygens (including phenoxy) is 1. The van der Waals surface area contributed by atoms with E-state index in [1.807, 2.05) is 12.1 Å². The van der Waals surface area contributed by atoms with Crippen LogP contribution in [0.3, 0.4) is 0 Å². The van der Waals surface area contributed by atoms with Crippen molar-refractivity contribution in [3.05, 3.63) is 24.3 Å². The van der Waals surface area contributed by atoms with E-state index in [9.17, 15) is 0 Å². The van der Waals surface area contributed by atoms with Gasteiger partial charge in [-0.1, -0.05) is 0 Å². The molecule has 2 N–H and O–H groups in total. The molecule has 2 rings (SSSR count). The minimum Gasteiger partial charge on any atom is -0.497 e. The highest BCUT2D eigenvalue weighted by Gasteiger charge is 2.19. The summed E-state index contributed by atoms with van der Waals surface area (Å²) in [6.07, 6.45) is 0. The fourth-order valence-corrected chi connectivity index (χ4v) is 2.78. The van der Waals surface area contributed by atoms with Gasteiger partial charge in [0.15, 0.2) is 5.11 Å². The Bertz CT molecular complexity index is 470. The molecular formula is C16H27N4OS+. The highest BCUT2D eigenvalue weighted by atomic mass is 32.1. The number of nitrogens with one attached hydrogen (secondary N) is 2. The van der Waals surface area contributed by atoms with Crippen molar-refractivity contribution >= 4 is 23.0 Å². The summed E-state index contributed by atoms with van der Waals surface area (Å²) in [5.41, 5.74) is 1.25. The van der Waals surface area contributed by atoms with Crippen molar-refractivity contribution in [2.24, 2.45) is 0 Å². The van der Waals surface area contributed by atoms with Crippen LogP contribution in [0.15, 0.2) is 24.3 Å². The Morgan fingerprint density at radius 1 is 1.18 bits per heavy atom. The van der Waals surface area contributed by atoms with E-state index < -0.39 is 0 Å². The predicted octanol–water partition coefficient (Wildman–Crippen LogP) is -0.164. The van der Waals surface area contributed by atoms with E-state index in [0.29, 0.717) is 0 Å². The molecule has 0 saturated carbocycles. The normalized spacial score (nSPS) is 15.1. The summed E-state index contributed by atoms with van der Waals surface area (Å²) < 4.78 is 5.21. The second-order valence-corrected chi connectivity index (χ2v) is 6.25. The van der Waals surface area contributed by atoms with Crippen molar-refractivity contribution in [2.45, 2.75) is 0 Å². The lowest BCUT2D eigenvalue weighted by Crippen LogP contribution is -3.06. The first kappa shape index (κ1) is 16.8. The lowest BCUT2D eigenvalue weighted by molar-refractivity contribution is -0.856. The maximum atomic E-state index is 5.48. The molecule has 0 aromatic heterocycles. The number of rotatable bonds is 5. The molecule has 0 amide bonds. The summed E-state index contributed by atoms with van der Waals surface area (Å²) in [5.74, 6) is 0.899. The van der Waals surface area contributed by atoms with Crippen LogP contribution in [0.5, 0.6) is 5.75 Å². The van der Waals surface area contributed by atoms with Gasteiger partial charge in [-0.2, -0.15) is 0 Å². The minimum absolute atomic E-state index is 0.885. The first-order chi connectivity index (χ1) is 10.6. The average molecular weight is 323 g/mol. The van der Waals surface area contributed by atoms with Gasteiger partial charge in [0.25, 0.3) is 0 Å². The molecule has 0 bridgehead atoms. The maximum Gasteiger partial charge on any atom is 0.169 e. The van der Waals surface area contributed by atoms with Gasteiger partial charge in [-0.05, 0) is 36.5 Å². The summed E-state index contributed by atoms with van der Waals surface area (Å²) in [5, 5.41) is 4.24. The van der Waals surface area contributed by atoms with E-state index in [2.05, 4.69) is 41.3 Å². The van der Waals surface area contributed by atoms with Crippen LogP contribution < -0.4 is 19.9 Å². The topological polar surface area (TPSA) is 32.2 Å². The molecule has 22 heavy (non-hydrogen) atoms. The zero-order valence-corrected chi connectivity index (χ0v) is 14.6. The van der Waals surface area contributed by atoms with Crippen molar-refractivity contribution in [1.29, 1.82) is 0 Å². The molecule has 1 fully saturated rings. The summed E-state index contributed by atoms with van der Waals surface area (Å²) in [4.78, 5) is 6.09. The highest BCUT2D eigenvalue weighted by molar-refractivity contribution is 7.80. The largest absolute Gasteiger partial charge is 0.497 e. The zero-order chi connectivity index (χ0) is 15.9. The second-order valence-electron chi connectivity index (χ2n) is 5.86. The molecule has 0 atom stereocenters. The fraction of sp³-hybridized carbons (Fsp3) is 0.562. The third kappa shape index (κ3) is 4.74. The standard InChI is InChI=1S/C16H26N4OS/c1-18(2)9-8-17-16(22)20-12-10-19(11-13-20)14-4-6-15(21-3)7-5-14/h4-7H,8-13H2,1-3H3,(H,17,22)/p+1. The van der Waals surface area contributed by atoms with Crippen LogP contribution in [0.25, 0.3) is 0 Å². The number of quaternary nitrogens is 1. The van der Waals surface area contributed by atoms with Gasteiger partial charge in [0.1, 0.15) is 5.75 Å². The molecule has 1 saturated heterocycles. The SMILES string of the molecule is COc1ccc(N2CCN(C(=S)NCC[NH+](C)C)CC2)cc1. The summed E-state index contributed by atoms with van der Waals surface area (Å²) in [6, 6.07) is 8.25. The number of hydrogen-bond donors (Lipinski definition) is 2. The van der Waals surface area contributed by atoms with Gasteiger partial charge in [-0.25, -0.2) is 0 Å². The zero-order valence-electron chi connectivity index (χ0n) is 13.8. The highest BCUT2D eigenvalue weighted by Crippen LogP contribution is 2.20. The maximum absolute atomic E-state index is 5.48. The molecule has 0 radical (unpaired) electrons. The van der Waals surface area contributed by atoms with E-state index in [1.165, 1.54) is 10.6 Å². The van der Waals surface area contributed by atoms with Gasteiger partial charge in [0, 0.05) is 31.9 Å². The number of likely N-dealkylation sites (N-methyl/N-ethyl adjacent to an activating group) is 1. The number of methoxy groups -OCH3 is 1. The van der Waals surface area contributed by atoms with Crippen molar-refractivity contribution in [3.8, 4) is 5.75 Å². The van der Waals surface area contributed by atoms with Crippen LogP contribution in [0.4, 0.5) is 5.69 Å². The van der Waals surface area contributed by atoms with E-state index in [-0.39, 0.29) is 0 Å². The summed E-state index contributed by atoms with van der Waals surface area (Å²) >= 11 is 5.48. The van der Waals surface area contributed by atoms with Crippen LogP contribution in [-0.2, 0) is 0 Å². The molecule has 122 valence electrons. The molecule has 1 heterocycles. The molecule has 5 nitrogen and oxygen atoms in total. The first-order valence-electron chi connectivity index (χ1n) is 7.81. The van der Waals surface area contributed by atoms with Gasteiger partial charge in [0.05, 0.1) is 34.3 Å². The van der Waals surface area contributed by atoms with Crippen molar-refractivity contribution < 1.29 is 9.64 Å². The Kier molecular flexibility index (Phi) is 6.27. The average Bonchev–Trinajstić information content (AvgIpc) is 2.54. The van der Waals surface area contributed by atoms with Gasteiger partial charge < -0.3 is 24.8 Å². The van der Waals surface area contributed by atoms with Crippen LogP contribution >= 0.6 is 12.2 Å². The fourth-order valence-electron chi connectivity index (χ4n) is 2.49. The summed E-state index contributed by atoms with van der Waals surface area (Å²) in [6.45, 7) is 5.92. The first-order valence-corrected chi connectivity index (χ1v) is 8.22. The third-order valence-corrected chi connectivity index (χ3v) is 4.31. The quantitative estimate of drug-likeness (QED) is 0.736. The van der Waals surface area contributed by atoms with Crippen LogP contribution in [0, 0.1) is 0 Å². The predicted molar refractivity (Wildman–Crippen MR) is 95.1 cm³/mol. The second kappa shape index (κ2) is 8.19. The Morgan fingerprint density at radius 3 is 2.36 bits per heavy atom. The number of nitrogens with zero attached hydrogens (tertiary/aromatic N) is 2.